The molecule has 1 aliphatic rings. The Labute approximate surface area is 64.1 Å². The maximum Gasteiger partial charge on any atom is 0.323 e. The lowest BCUT2D eigenvalue weighted by molar-refractivity contribution is -0.141. The van der Waals surface area contributed by atoms with Crippen molar-refractivity contribution in [2.45, 2.75) is 6.42 Å². The number of carboxylic acids is 1. The van der Waals surface area contributed by atoms with Crippen molar-refractivity contribution in [3.63, 3.8) is 0 Å². The topological polar surface area (TPSA) is 57.6 Å². The fraction of sp³-hybridized carbons (Fsp3) is 0.429. The van der Waals surface area contributed by atoms with E-state index in [0.29, 0.717) is 18.5 Å². The van der Waals surface area contributed by atoms with Crippen LogP contribution < -0.4 is 0 Å². The van der Waals surface area contributed by atoms with Crippen molar-refractivity contribution in [3.05, 3.63) is 12.2 Å². The Kier molecular flexibility index (Phi) is 1.94. The second kappa shape index (κ2) is 2.74. The van der Waals surface area contributed by atoms with Gasteiger partial charge < -0.3 is 10.0 Å². The molecule has 0 saturated carbocycles. The Hall–Kier alpha value is -1.32. The van der Waals surface area contributed by atoms with Gasteiger partial charge in [-0.1, -0.05) is 6.58 Å². The molecule has 1 N–H and O–H groups in total. The summed E-state index contributed by atoms with van der Waals surface area (Å²) in [6.45, 7) is 3.79. The van der Waals surface area contributed by atoms with E-state index in [1.54, 1.807) is 0 Å². The van der Waals surface area contributed by atoms with Crippen LogP contribution in [0.15, 0.2) is 12.2 Å². The van der Waals surface area contributed by atoms with E-state index in [-0.39, 0.29) is 12.5 Å². The molecule has 60 valence electrons. The Balaban J connectivity index is 2.55. The van der Waals surface area contributed by atoms with Gasteiger partial charge in [0.05, 0.1) is 0 Å². The van der Waals surface area contributed by atoms with Gasteiger partial charge in [-0.15, -0.1) is 0 Å². The summed E-state index contributed by atoms with van der Waals surface area (Å²) < 4.78 is 0. The summed E-state index contributed by atoms with van der Waals surface area (Å²) in [7, 11) is 0. The number of amides is 1. The molecule has 0 bridgehead atoms. The molecule has 1 amide bonds. The number of hydrogen-bond acceptors (Lipinski definition) is 2. The van der Waals surface area contributed by atoms with Gasteiger partial charge in [0.15, 0.2) is 0 Å². The molecule has 0 atom stereocenters. The van der Waals surface area contributed by atoms with Crippen molar-refractivity contribution in [1.82, 2.24) is 4.90 Å². The molecule has 1 heterocycles. The Morgan fingerprint density at radius 2 is 2.36 bits per heavy atom. The highest BCUT2D eigenvalue weighted by atomic mass is 16.4. The molecule has 1 aliphatic heterocycles. The van der Waals surface area contributed by atoms with E-state index in [1.807, 2.05) is 0 Å². The first-order valence-corrected chi connectivity index (χ1v) is 3.30. The minimum absolute atomic E-state index is 0.210. The third-order valence-corrected chi connectivity index (χ3v) is 1.60. The van der Waals surface area contributed by atoms with Crippen LogP contribution in [0, 0.1) is 0 Å². The highest BCUT2D eigenvalue weighted by Gasteiger charge is 2.25. The lowest BCUT2D eigenvalue weighted by Crippen LogP contribution is -2.30. The molecular weight excluding hydrogens is 146 g/mol. The molecule has 4 heteroatoms. The summed E-state index contributed by atoms with van der Waals surface area (Å²) in [5.74, 6) is -1.21. The van der Waals surface area contributed by atoms with Crippen molar-refractivity contribution in [1.29, 1.82) is 0 Å². The van der Waals surface area contributed by atoms with E-state index in [4.69, 9.17) is 5.11 Å². The number of hydrogen-bond donors (Lipinski definition) is 1. The smallest absolute Gasteiger partial charge is 0.323 e. The fourth-order valence-corrected chi connectivity index (χ4v) is 1.02. The Morgan fingerprint density at radius 1 is 1.73 bits per heavy atom. The van der Waals surface area contributed by atoms with Crippen LogP contribution in [0.5, 0.6) is 0 Å². The van der Waals surface area contributed by atoms with Crippen LogP contribution in [0.4, 0.5) is 0 Å². The quantitative estimate of drug-likeness (QED) is 0.564. The lowest BCUT2D eigenvalue weighted by atomic mass is 10.3. The Bertz CT molecular complexity index is 222. The van der Waals surface area contributed by atoms with Crippen molar-refractivity contribution >= 4 is 11.9 Å². The predicted molar refractivity (Wildman–Crippen MR) is 38.0 cm³/mol. The molecule has 4 nitrogen and oxygen atoms in total. The zero-order chi connectivity index (χ0) is 8.43. The molecular formula is C7H9NO3. The molecule has 0 aromatic heterocycles. The van der Waals surface area contributed by atoms with Gasteiger partial charge in [0.2, 0.25) is 5.91 Å². The third-order valence-electron chi connectivity index (χ3n) is 1.60. The summed E-state index contributed by atoms with van der Waals surface area (Å²) in [4.78, 5) is 22.5. The maximum atomic E-state index is 11.0. The van der Waals surface area contributed by atoms with E-state index in [1.165, 1.54) is 4.90 Å². The lowest BCUT2D eigenvalue weighted by Gasteiger charge is -2.10. The van der Waals surface area contributed by atoms with Gasteiger partial charge >= 0.3 is 5.97 Å². The zero-order valence-electron chi connectivity index (χ0n) is 6.04. The standard InChI is InChI=1S/C7H9NO3/c1-5-2-3-8(7(5)11)4-6(9)10/h1-4H2,(H,9,10). The normalized spacial score (nSPS) is 17.6. The van der Waals surface area contributed by atoms with Crippen LogP contribution in [-0.4, -0.2) is 35.0 Å². The summed E-state index contributed by atoms with van der Waals surface area (Å²) in [5.41, 5.74) is 0.506. The molecule has 1 fully saturated rings. The van der Waals surface area contributed by atoms with E-state index in [0.717, 1.165) is 0 Å². The third kappa shape index (κ3) is 1.58. The van der Waals surface area contributed by atoms with E-state index in [2.05, 4.69) is 6.58 Å². The number of rotatable bonds is 2. The fourth-order valence-electron chi connectivity index (χ4n) is 1.02. The van der Waals surface area contributed by atoms with Crippen LogP contribution in [0.1, 0.15) is 6.42 Å². The van der Waals surface area contributed by atoms with Gasteiger partial charge in [-0.2, -0.15) is 0 Å². The van der Waals surface area contributed by atoms with Gasteiger partial charge in [0.1, 0.15) is 6.54 Å². The van der Waals surface area contributed by atoms with Crippen LogP contribution in [0.2, 0.25) is 0 Å². The predicted octanol–water partition coefficient (Wildman–Crippen LogP) is -0.140. The van der Waals surface area contributed by atoms with Crippen molar-refractivity contribution in [3.8, 4) is 0 Å². The number of aliphatic carboxylic acids is 1. The van der Waals surface area contributed by atoms with E-state index < -0.39 is 5.97 Å². The molecule has 0 aromatic carbocycles. The first kappa shape index (κ1) is 7.78. The first-order valence-electron chi connectivity index (χ1n) is 3.30. The molecule has 11 heavy (non-hydrogen) atoms. The minimum atomic E-state index is -0.979. The van der Waals surface area contributed by atoms with Crippen LogP contribution in [-0.2, 0) is 9.59 Å². The van der Waals surface area contributed by atoms with Crippen LogP contribution >= 0.6 is 0 Å². The summed E-state index contributed by atoms with van der Waals surface area (Å²) in [6, 6.07) is 0. The molecule has 0 aliphatic carbocycles. The van der Waals surface area contributed by atoms with Gasteiger partial charge in [0, 0.05) is 12.1 Å². The number of carboxylic acid groups (broad SMARTS) is 1. The van der Waals surface area contributed by atoms with Gasteiger partial charge in [0.25, 0.3) is 0 Å². The summed E-state index contributed by atoms with van der Waals surface area (Å²) >= 11 is 0. The van der Waals surface area contributed by atoms with Crippen LogP contribution in [0.3, 0.4) is 0 Å². The van der Waals surface area contributed by atoms with Crippen molar-refractivity contribution in [2.24, 2.45) is 0 Å². The molecule has 0 unspecified atom stereocenters. The first-order chi connectivity index (χ1) is 5.11. The average Bonchev–Trinajstić information content (AvgIpc) is 2.18. The van der Waals surface area contributed by atoms with Crippen molar-refractivity contribution < 1.29 is 14.7 Å². The summed E-state index contributed by atoms with van der Waals surface area (Å²) in [5, 5.41) is 8.35. The molecule has 0 spiro atoms. The number of likely N-dealkylation sites (tertiary alicyclic amines) is 1. The van der Waals surface area contributed by atoms with Gasteiger partial charge in [-0.25, -0.2) is 0 Å². The van der Waals surface area contributed by atoms with Crippen molar-refractivity contribution in [2.75, 3.05) is 13.1 Å². The number of carbonyl (C=O) groups is 2. The highest BCUT2D eigenvalue weighted by Crippen LogP contribution is 2.13. The summed E-state index contributed by atoms with van der Waals surface area (Å²) in [6.07, 6.45) is 0.589. The highest BCUT2D eigenvalue weighted by molar-refractivity contribution is 5.96. The molecule has 1 rings (SSSR count). The number of carbonyl (C=O) groups excluding carboxylic acids is 1. The molecule has 0 radical (unpaired) electrons. The number of nitrogens with zero attached hydrogens (tertiary/aromatic N) is 1. The molecule has 0 aromatic rings. The average molecular weight is 155 g/mol. The maximum absolute atomic E-state index is 11.0. The van der Waals surface area contributed by atoms with Crippen LogP contribution in [0.25, 0.3) is 0 Å². The second-order valence-corrected chi connectivity index (χ2v) is 2.47. The second-order valence-electron chi connectivity index (χ2n) is 2.47. The van der Waals surface area contributed by atoms with Gasteiger partial charge in [-0.05, 0) is 6.42 Å². The van der Waals surface area contributed by atoms with E-state index in [9.17, 15) is 9.59 Å². The SMILES string of the molecule is C=C1CCN(CC(=O)O)C1=O. The Morgan fingerprint density at radius 3 is 2.73 bits per heavy atom. The molecule has 1 saturated heterocycles. The monoisotopic (exact) mass is 155 g/mol. The van der Waals surface area contributed by atoms with E-state index >= 15 is 0 Å². The zero-order valence-corrected chi connectivity index (χ0v) is 6.04. The van der Waals surface area contributed by atoms with Gasteiger partial charge in [-0.3, -0.25) is 9.59 Å². The minimum Gasteiger partial charge on any atom is -0.480 e. The largest absolute Gasteiger partial charge is 0.480 e.